The van der Waals surface area contributed by atoms with Crippen molar-refractivity contribution in [3.8, 4) is 11.3 Å². The van der Waals surface area contributed by atoms with Crippen molar-refractivity contribution in [3.63, 3.8) is 0 Å². The molecule has 0 radical (unpaired) electrons. The van der Waals surface area contributed by atoms with Gasteiger partial charge in [0.1, 0.15) is 5.82 Å². The molecule has 0 spiro atoms. The molecule has 2 aromatic carbocycles. The first-order valence-corrected chi connectivity index (χ1v) is 13.0. The maximum atomic E-state index is 13.0. The summed E-state index contributed by atoms with van der Waals surface area (Å²) in [5, 5.41) is 0. The lowest BCUT2D eigenvalue weighted by Gasteiger charge is -2.10. The Morgan fingerprint density at radius 3 is 2.54 bits per heavy atom. The molecular formula is C32H33N3O2. The minimum Gasteiger partial charge on any atom is -0.369 e. The predicted molar refractivity (Wildman–Crippen MR) is 146 cm³/mol. The number of aryl methyl sites for hydroxylation is 2. The molecule has 2 atom stereocenters. The van der Waals surface area contributed by atoms with Crippen LogP contribution in [0.25, 0.3) is 11.3 Å². The zero-order chi connectivity index (χ0) is 25.8. The molecule has 0 N–H and O–H groups in total. The third kappa shape index (κ3) is 6.36. The Hall–Kier alpha value is -3.70. The molecule has 5 rings (SSSR count). The number of benzene rings is 2. The number of hydrogen-bond acceptors (Lipinski definition) is 5. The maximum absolute atomic E-state index is 13.0. The molecule has 0 saturated carbocycles. The van der Waals surface area contributed by atoms with E-state index in [0.717, 1.165) is 52.2 Å². The van der Waals surface area contributed by atoms with Crippen LogP contribution in [0, 0.1) is 12.8 Å². The van der Waals surface area contributed by atoms with Crippen molar-refractivity contribution in [1.82, 2.24) is 15.0 Å². The van der Waals surface area contributed by atoms with Crippen LogP contribution in [0.15, 0.2) is 79.3 Å². The molecule has 0 aliphatic carbocycles. The van der Waals surface area contributed by atoms with Crippen LogP contribution in [0.2, 0.25) is 0 Å². The van der Waals surface area contributed by atoms with Crippen molar-refractivity contribution in [2.45, 2.75) is 58.7 Å². The molecule has 1 fully saturated rings. The van der Waals surface area contributed by atoms with E-state index in [1.54, 1.807) is 18.6 Å². The lowest BCUT2D eigenvalue weighted by Crippen LogP contribution is -2.06. The first-order valence-electron chi connectivity index (χ1n) is 13.0. The van der Waals surface area contributed by atoms with E-state index in [1.165, 1.54) is 5.56 Å². The molecule has 1 saturated heterocycles. The van der Waals surface area contributed by atoms with Gasteiger partial charge in [-0.2, -0.15) is 0 Å². The van der Waals surface area contributed by atoms with Gasteiger partial charge in [0, 0.05) is 42.6 Å². The van der Waals surface area contributed by atoms with Crippen LogP contribution < -0.4 is 0 Å². The summed E-state index contributed by atoms with van der Waals surface area (Å²) >= 11 is 0. The summed E-state index contributed by atoms with van der Waals surface area (Å²) in [4.78, 5) is 26.4. The van der Waals surface area contributed by atoms with Crippen LogP contribution in [0.5, 0.6) is 0 Å². The fourth-order valence-electron chi connectivity index (χ4n) is 4.78. The Labute approximate surface area is 219 Å². The van der Waals surface area contributed by atoms with Crippen molar-refractivity contribution < 1.29 is 9.53 Å². The number of pyridine rings is 1. The summed E-state index contributed by atoms with van der Waals surface area (Å²) in [7, 11) is 0. The molecule has 188 valence electrons. The largest absolute Gasteiger partial charge is 0.369 e. The molecular weight excluding hydrogens is 458 g/mol. The molecule has 2 unspecified atom stereocenters. The topological polar surface area (TPSA) is 68.3 Å². The van der Waals surface area contributed by atoms with E-state index in [1.807, 2.05) is 36.4 Å². The predicted octanol–water partition coefficient (Wildman–Crippen LogP) is 6.22. The van der Waals surface area contributed by atoms with Crippen LogP contribution in [0.1, 0.15) is 58.7 Å². The Balaban J connectivity index is 1.22. The summed E-state index contributed by atoms with van der Waals surface area (Å²) in [6.07, 6.45) is 9.15. The smallest absolute Gasteiger partial charge is 0.167 e. The van der Waals surface area contributed by atoms with Crippen molar-refractivity contribution in [1.29, 1.82) is 0 Å². The molecule has 0 amide bonds. The molecule has 1 aliphatic heterocycles. The minimum absolute atomic E-state index is 0.126. The molecule has 3 heterocycles. The minimum atomic E-state index is 0.126. The highest BCUT2D eigenvalue weighted by molar-refractivity contribution is 5.97. The van der Waals surface area contributed by atoms with E-state index >= 15 is 0 Å². The van der Waals surface area contributed by atoms with Crippen LogP contribution >= 0.6 is 0 Å². The fraction of sp³-hybridized carbons (Fsp3) is 0.312. The lowest BCUT2D eigenvalue weighted by molar-refractivity contribution is 0.0993. The first kappa shape index (κ1) is 25.0. The number of Topliss-reactive ketones (excluding diaryl/α,β-unsaturated/α-hetero) is 1. The van der Waals surface area contributed by atoms with Crippen molar-refractivity contribution >= 4 is 5.78 Å². The molecule has 37 heavy (non-hydrogen) atoms. The number of aromatic nitrogens is 3. The third-order valence-corrected chi connectivity index (χ3v) is 7.06. The van der Waals surface area contributed by atoms with Crippen LogP contribution in [-0.2, 0) is 24.0 Å². The number of hydrogen-bond donors (Lipinski definition) is 0. The molecule has 0 bridgehead atoms. The number of ketones is 1. The van der Waals surface area contributed by atoms with Gasteiger partial charge < -0.3 is 4.74 Å². The van der Waals surface area contributed by atoms with Gasteiger partial charge in [0.2, 0.25) is 0 Å². The van der Waals surface area contributed by atoms with Gasteiger partial charge in [-0.3, -0.25) is 9.78 Å². The van der Waals surface area contributed by atoms with E-state index in [2.05, 4.69) is 55.0 Å². The quantitative estimate of drug-likeness (QED) is 0.195. The Bertz CT molecular complexity index is 1370. The average molecular weight is 492 g/mol. The zero-order valence-electron chi connectivity index (χ0n) is 21.7. The highest BCUT2D eigenvalue weighted by Gasteiger charge is 2.40. The summed E-state index contributed by atoms with van der Waals surface area (Å²) in [5.74, 6) is 1.46. The summed E-state index contributed by atoms with van der Waals surface area (Å²) in [6.45, 7) is 6.50. The first-order chi connectivity index (χ1) is 18.0. The van der Waals surface area contributed by atoms with Gasteiger partial charge in [-0.1, -0.05) is 56.3 Å². The number of ether oxygens (including phenoxy) is 1. The summed E-state index contributed by atoms with van der Waals surface area (Å²) < 4.78 is 5.75. The average Bonchev–Trinajstić information content (AvgIpc) is 3.71. The Morgan fingerprint density at radius 1 is 1.00 bits per heavy atom. The van der Waals surface area contributed by atoms with E-state index in [4.69, 9.17) is 9.72 Å². The van der Waals surface area contributed by atoms with Crippen molar-refractivity contribution in [2.24, 2.45) is 5.92 Å². The van der Waals surface area contributed by atoms with Gasteiger partial charge in [0.15, 0.2) is 5.78 Å². The summed E-state index contributed by atoms with van der Waals surface area (Å²) in [5.41, 5.74) is 7.12. The van der Waals surface area contributed by atoms with Crippen LogP contribution in [-0.4, -0.2) is 32.9 Å². The number of carbonyl (C=O) groups is 1. The van der Waals surface area contributed by atoms with E-state index in [0.29, 0.717) is 31.0 Å². The second kappa shape index (κ2) is 11.1. The van der Waals surface area contributed by atoms with Gasteiger partial charge in [0.25, 0.3) is 0 Å². The Morgan fingerprint density at radius 2 is 1.81 bits per heavy atom. The van der Waals surface area contributed by atoms with Gasteiger partial charge in [-0.15, -0.1) is 0 Å². The SMILES string of the molecule is Cc1ccc(CC(=O)c2ccc(CCC3OC3C(C)C)cc2)cc1Cc1nccc(-c2cccnc2)n1. The van der Waals surface area contributed by atoms with Gasteiger partial charge in [-0.05, 0) is 66.1 Å². The third-order valence-electron chi connectivity index (χ3n) is 7.06. The van der Waals surface area contributed by atoms with E-state index < -0.39 is 0 Å². The molecule has 4 aromatic rings. The van der Waals surface area contributed by atoms with E-state index in [-0.39, 0.29) is 5.78 Å². The monoisotopic (exact) mass is 491 g/mol. The van der Waals surface area contributed by atoms with Crippen LogP contribution in [0.4, 0.5) is 0 Å². The number of nitrogens with zero attached hydrogens (tertiary/aromatic N) is 3. The van der Waals surface area contributed by atoms with Crippen LogP contribution in [0.3, 0.4) is 0 Å². The van der Waals surface area contributed by atoms with E-state index in [9.17, 15) is 4.79 Å². The van der Waals surface area contributed by atoms with Crippen molar-refractivity contribution in [3.05, 3.63) is 113 Å². The van der Waals surface area contributed by atoms with Gasteiger partial charge in [0.05, 0.1) is 17.9 Å². The number of carbonyl (C=O) groups excluding carboxylic acids is 1. The van der Waals surface area contributed by atoms with Gasteiger partial charge in [-0.25, -0.2) is 9.97 Å². The maximum Gasteiger partial charge on any atom is 0.167 e. The molecule has 2 aromatic heterocycles. The second-order valence-electron chi connectivity index (χ2n) is 10.3. The zero-order valence-corrected chi connectivity index (χ0v) is 21.7. The molecule has 5 nitrogen and oxygen atoms in total. The lowest BCUT2D eigenvalue weighted by atomic mass is 9.96. The van der Waals surface area contributed by atoms with Crippen molar-refractivity contribution in [2.75, 3.05) is 0 Å². The normalized spacial score (nSPS) is 16.6. The standard InChI is InChI=1S/C32H33N3O2/c1-21(2)32-30(37-32)13-10-23-8-11-25(12-9-23)29(36)18-24-7-6-22(3)27(17-24)19-31-34-16-14-28(35-31)26-5-4-15-33-20-26/h4-9,11-12,14-17,20-21,30,32H,10,13,18-19H2,1-3H3. The molecule has 5 heteroatoms. The highest BCUT2D eigenvalue weighted by atomic mass is 16.6. The Kier molecular flexibility index (Phi) is 7.52. The number of rotatable bonds is 10. The highest BCUT2D eigenvalue weighted by Crippen LogP contribution is 2.32. The summed E-state index contributed by atoms with van der Waals surface area (Å²) in [6, 6.07) is 20.1. The van der Waals surface area contributed by atoms with Gasteiger partial charge >= 0.3 is 0 Å². The fourth-order valence-corrected chi connectivity index (χ4v) is 4.78. The second-order valence-corrected chi connectivity index (χ2v) is 10.3. The molecule has 1 aliphatic rings. The number of epoxide rings is 1.